The molecule has 3 aromatic rings. The number of nitrogens with one attached hydrogen (secondary N) is 2. The van der Waals surface area contributed by atoms with Crippen molar-refractivity contribution in [2.75, 3.05) is 10.6 Å². The van der Waals surface area contributed by atoms with Crippen LogP contribution in [0.5, 0.6) is 0 Å². The van der Waals surface area contributed by atoms with Gasteiger partial charge in [0.2, 0.25) is 5.95 Å². The zero-order valence-electron chi connectivity index (χ0n) is 13.5. The Morgan fingerprint density at radius 3 is 2.46 bits per heavy atom. The molecular formula is C18H12F3N5. The molecule has 0 bridgehead atoms. The van der Waals surface area contributed by atoms with Crippen LogP contribution in [-0.2, 0) is 0 Å². The van der Waals surface area contributed by atoms with Gasteiger partial charge in [0.15, 0.2) is 17.5 Å². The number of aromatic nitrogens is 2. The molecular weight excluding hydrogens is 343 g/mol. The summed E-state index contributed by atoms with van der Waals surface area (Å²) in [6.45, 7) is 1.69. The number of aryl methyl sites for hydroxylation is 1. The molecule has 0 saturated heterocycles. The molecule has 130 valence electrons. The molecule has 8 heteroatoms. The maximum absolute atomic E-state index is 13.8. The average molecular weight is 355 g/mol. The van der Waals surface area contributed by atoms with Crippen LogP contribution >= 0.6 is 0 Å². The Hall–Kier alpha value is -3.60. The van der Waals surface area contributed by atoms with Gasteiger partial charge < -0.3 is 10.6 Å². The fourth-order valence-electron chi connectivity index (χ4n) is 2.26. The number of para-hydroxylation sites is 1. The van der Waals surface area contributed by atoms with Gasteiger partial charge in [0.05, 0.1) is 16.9 Å². The molecule has 2 aromatic carbocycles. The lowest BCUT2D eigenvalue weighted by Crippen LogP contribution is -2.05. The molecule has 1 aromatic heterocycles. The van der Waals surface area contributed by atoms with Crippen LogP contribution in [0, 0.1) is 35.7 Å². The minimum Gasteiger partial charge on any atom is -0.339 e. The van der Waals surface area contributed by atoms with Gasteiger partial charge in [0.25, 0.3) is 0 Å². The number of hydrogen-bond donors (Lipinski definition) is 2. The Labute approximate surface area is 147 Å². The van der Waals surface area contributed by atoms with Crippen molar-refractivity contribution in [3.05, 3.63) is 71.2 Å². The smallest absolute Gasteiger partial charge is 0.229 e. The summed E-state index contributed by atoms with van der Waals surface area (Å²) in [5.41, 5.74) is 1.21. The Morgan fingerprint density at radius 1 is 0.923 bits per heavy atom. The molecule has 1 heterocycles. The third kappa shape index (κ3) is 3.57. The van der Waals surface area contributed by atoms with Crippen molar-refractivity contribution in [3.63, 3.8) is 0 Å². The molecule has 0 aliphatic rings. The highest BCUT2D eigenvalue weighted by atomic mass is 19.2. The second-order valence-electron chi connectivity index (χ2n) is 5.35. The van der Waals surface area contributed by atoms with E-state index in [4.69, 9.17) is 5.26 Å². The normalized spacial score (nSPS) is 10.3. The number of halogens is 3. The quantitative estimate of drug-likeness (QED) is 0.671. The van der Waals surface area contributed by atoms with Gasteiger partial charge in [-0.2, -0.15) is 10.2 Å². The number of nitrogens with zero attached hydrogens (tertiary/aromatic N) is 3. The van der Waals surface area contributed by atoms with Gasteiger partial charge in [0.1, 0.15) is 11.9 Å². The predicted molar refractivity (Wildman–Crippen MR) is 90.8 cm³/mol. The summed E-state index contributed by atoms with van der Waals surface area (Å²) >= 11 is 0. The van der Waals surface area contributed by atoms with E-state index in [1.807, 2.05) is 0 Å². The highest BCUT2D eigenvalue weighted by Crippen LogP contribution is 2.24. The van der Waals surface area contributed by atoms with Crippen LogP contribution in [0.2, 0.25) is 0 Å². The molecule has 0 saturated carbocycles. The van der Waals surface area contributed by atoms with Crippen LogP contribution in [-0.4, -0.2) is 9.97 Å². The first-order valence-corrected chi connectivity index (χ1v) is 7.50. The first-order valence-electron chi connectivity index (χ1n) is 7.50. The largest absolute Gasteiger partial charge is 0.339 e. The van der Waals surface area contributed by atoms with Crippen molar-refractivity contribution in [2.45, 2.75) is 6.92 Å². The highest BCUT2D eigenvalue weighted by Gasteiger charge is 2.14. The number of benzene rings is 2. The molecule has 0 unspecified atom stereocenters. The highest BCUT2D eigenvalue weighted by molar-refractivity contribution is 5.65. The lowest BCUT2D eigenvalue weighted by Gasteiger charge is -2.11. The van der Waals surface area contributed by atoms with Crippen molar-refractivity contribution < 1.29 is 13.2 Å². The van der Waals surface area contributed by atoms with Crippen molar-refractivity contribution in [2.24, 2.45) is 0 Å². The van der Waals surface area contributed by atoms with Gasteiger partial charge in [-0.05, 0) is 31.2 Å². The van der Waals surface area contributed by atoms with E-state index in [2.05, 4.69) is 26.7 Å². The van der Waals surface area contributed by atoms with Crippen LogP contribution in [0.4, 0.5) is 36.3 Å². The maximum Gasteiger partial charge on any atom is 0.229 e. The van der Waals surface area contributed by atoms with Gasteiger partial charge in [0, 0.05) is 11.8 Å². The fourth-order valence-corrected chi connectivity index (χ4v) is 2.26. The van der Waals surface area contributed by atoms with E-state index in [0.717, 1.165) is 12.1 Å². The summed E-state index contributed by atoms with van der Waals surface area (Å²) in [5.74, 6) is -3.88. The minimum atomic E-state index is -1.58. The number of rotatable bonds is 4. The van der Waals surface area contributed by atoms with Crippen LogP contribution in [0.25, 0.3) is 0 Å². The van der Waals surface area contributed by atoms with Crippen LogP contribution in [0.1, 0.15) is 11.3 Å². The standard InChI is InChI=1S/C18H12F3N5/c1-10-8-15(24-13-5-3-2-4-11(13)9-22)26-18(23-10)25-14-7-6-12(19)16(20)17(14)21/h2-8H,1H3,(H2,23,24,25,26). The lowest BCUT2D eigenvalue weighted by atomic mass is 10.2. The van der Waals surface area contributed by atoms with E-state index in [1.54, 1.807) is 37.3 Å². The van der Waals surface area contributed by atoms with Crippen LogP contribution in [0.15, 0.2) is 42.5 Å². The minimum absolute atomic E-state index is 0.00755. The maximum atomic E-state index is 13.8. The molecule has 3 rings (SSSR count). The summed E-state index contributed by atoms with van der Waals surface area (Å²) in [6, 6.07) is 12.4. The molecule has 0 spiro atoms. The van der Waals surface area contributed by atoms with Crippen LogP contribution in [0.3, 0.4) is 0 Å². The average Bonchev–Trinajstić information content (AvgIpc) is 2.62. The van der Waals surface area contributed by atoms with Gasteiger partial charge in [-0.25, -0.2) is 18.2 Å². The molecule has 0 fully saturated rings. The number of anilines is 4. The summed E-state index contributed by atoms with van der Waals surface area (Å²) in [4.78, 5) is 8.26. The zero-order chi connectivity index (χ0) is 18.7. The Bertz CT molecular complexity index is 1010. The Kier molecular flexibility index (Phi) is 4.71. The summed E-state index contributed by atoms with van der Waals surface area (Å²) < 4.78 is 40.2. The van der Waals surface area contributed by atoms with Crippen molar-refractivity contribution in [1.82, 2.24) is 9.97 Å². The van der Waals surface area contributed by atoms with Crippen molar-refractivity contribution in [1.29, 1.82) is 5.26 Å². The molecule has 0 atom stereocenters. The van der Waals surface area contributed by atoms with Crippen LogP contribution < -0.4 is 10.6 Å². The third-order valence-electron chi connectivity index (χ3n) is 3.45. The second kappa shape index (κ2) is 7.11. The molecule has 2 N–H and O–H groups in total. The second-order valence-corrected chi connectivity index (χ2v) is 5.35. The summed E-state index contributed by atoms with van der Waals surface area (Å²) in [6.07, 6.45) is 0. The fraction of sp³-hybridized carbons (Fsp3) is 0.0556. The van der Waals surface area contributed by atoms with E-state index in [0.29, 0.717) is 22.8 Å². The molecule has 0 aliphatic carbocycles. The van der Waals surface area contributed by atoms with Gasteiger partial charge in [-0.15, -0.1) is 0 Å². The van der Waals surface area contributed by atoms with E-state index in [9.17, 15) is 13.2 Å². The predicted octanol–water partition coefficient (Wildman–Crippen LogP) is 4.56. The van der Waals surface area contributed by atoms with E-state index in [1.165, 1.54) is 0 Å². The monoisotopic (exact) mass is 355 g/mol. The summed E-state index contributed by atoms with van der Waals surface area (Å²) in [5, 5.41) is 14.6. The number of hydrogen-bond acceptors (Lipinski definition) is 5. The first kappa shape index (κ1) is 17.2. The van der Waals surface area contributed by atoms with Gasteiger partial charge >= 0.3 is 0 Å². The Balaban J connectivity index is 1.91. The molecule has 0 radical (unpaired) electrons. The van der Waals surface area contributed by atoms with E-state index < -0.39 is 17.5 Å². The Morgan fingerprint density at radius 2 is 1.69 bits per heavy atom. The SMILES string of the molecule is Cc1cc(Nc2ccccc2C#N)nc(Nc2ccc(F)c(F)c2F)n1. The topological polar surface area (TPSA) is 73.6 Å². The van der Waals surface area contributed by atoms with E-state index >= 15 is 0 Å². The lowest BCUT2D eigenvalue weighted by molar-refractivity contribution is 0.449. The van der Waals surface area contributed by atoms with Gasteiger partial charge in [-0.3, -0.25) is 0 Å². The number of nitriles is 1. The van der Waals surface area contributed by atoms with E-state index in [-0.39, 0.29) is 11.6 Å². The summed E-state index contributed by atoms with van der Waals surface area (Å²) in [7, 11) is 0. The molecule has 0 aliphatic heterocycles. The third-order valence-corrected chi connectivity index (χ3v) is 3.45. The van der Waals surface area contributed by atoms with Gasteiger partial charge in [-0.1, -0.05) is 12.1 Å². The zero-order valence-corrected chi connectivity index (χ0v) is 13.5. The van der Waals surface area contributed by atoms with Crippen molar-refractivity contribution in [3.8, 4) is 6.07 Å². The van der Waals surface area contributed by atoms with Crippen molar-refractivity contribution >= 4 is 23.1 Å². The first-order chi connectivity index (χ1) is 12.5. The molecule has 0 amide bonds. The molecule has 5 nitrogen and oxygen atoms in total. The molecule has 26 heavy (non-hydrogen) atoms.